The second-order valence-electron chi connectivity index (χ2n) is 7.28. The maximum Gasteiger partial charge on any atom is 0.123 e. The van der Waals surface area contributed by atoms with E-state index >= 15 is 0 Å². The summed E-state index contributed by atoms with van der Waals surface area (Å²) in [5, 5.41) is 0. The van der Waals surface area contributed by atoms with Gasteiger partial charge in [0.2, 0.25) is 0 Å². The van der Waals surface area contributed by atoms with Gasteiger partial charge >= 0.3 is 0 Å². The van der Waals surface area contributed by atoms with Crippen LogP contribution in [0.25, 0.3) is 11.0 Å². The fraction of sp³-hybridized carbons (Fsp3) is 0.409. The lowest BCUT2D eigenvalue weighted by Crippen LogP contribution is -2.33. The molecule has 0 atom stereocenters. The van der Waals surface area contributed by atoms with Crippen molar-refractivity contribution in [1.82, 2.24) is 14.5 Å². The van der Waals surface area contributed by atoms with Crippen LogP contribution in [0, 0.1) is 5.82 Å². The molecule has 1 aromatic heterocycles. The molecule has 0 saturated carbocycles. The molecule has 0 N–H and O–H groups in total. The maximum absolute atomic E-state index is 13.4. The van der Waals surface area contributed by atoms with E-state index in [0.717, 1.165) is 50.1 Å². The molecule has 1 aliphatic rings. The summed E-state index contributed by atoms with van der Waals surface area (Å²) in [5.41, 5.74) is 3.29. The second-order valence-corrected chi connectivity index (χ2v) is 7.28. The van der Waals surface area contributed by atoms with Crippen molar-refractivity contribution in [2.24, 2.45) is 0 Å². The normalized spacial score (nSPS) is 16.2. The van der Waals surface area contributed by atoms with Crippen LogP contribution < -0.4 is 0 Å². The third kappa shape index (κ3) is 4.04. The van der Waals surface area contributed by atoms with E-state index in [1.165, 1.54) is 17.4 Å². The number of hydrogen-bond donors (Lipinski definition) is 0. The number of halogens is 1. The largest absolute Gasteiger partial charge is 0.383 e. The van der Waals surface area contributed by atoms with E-state index in [4.69, 9.17) is 9.72 Å². The number of aromatic nitrogens is 2. The first-order valence-corrected chi connectivity index (χ1v) is 9.65. The number of ether oxygens (including phenoxy) is 1. The highest BCUT2D eigenvalue weighted by molar-refractivity contribution is 5.76. The first-order chi connectivity index (χ1) is 13.2. The molecule has 4 rings (SSSR count). The summed E-state index contributed by atoms with van der Waals surface area (Å²) in [6.07, 6.45) is 2.15. The van der Waals surface area contributed by atoms with Gasteiger partial charge in [0.15, 0.2) is 0 Å². The van der Waals surface area contributed by atoms with Crippen LogP contribution in [-0.4, -0.2) is 41.3 Å². The SMILES string of the molecule is COCCn1c(C2CCN(Cc3cccc(F)c3)CC2)nc2ccccc21. The van der Waals surface area contributed by atoms with E-state index in [-0.39, 0.29) is 5.82 Å². The summed E-state index contributed by atoms with van der Waals surface area (Å²) >= 11 is 0. The van der Waals surface area contributed by atoms with Gasteiger partial charge in [0, 0.05) is 26.1 Å². The average molecular weight is 367 g/mol. The molecule has 0 radical (unpaired) electrons. The van der Waals surface area contributed by atoms with Gasteiger partial charge in [-0.15, -0.1) is 0 Å². The Morgan fingerprint density at radius 3 is 2.70 bits per heavy atom. The molecule has 3 aromatic rings. The van der Waals surface area contributed by atoms with Gasteiger partial charge in [-0.25, -0.2) is 9.37 Å². The van der Waals surface area contributed by atoms with Gasteiger partial charge in [-0.05, 0) is 55.8 Å². The molecule has 1 saturated heterocycles. The van der Waals surface area contributed by atoms with Crippen molar-refractivity contribution < 1.29 is 9.13 Å². The zero-order chi connectivity index (χ0) is 18.6. The molecule has 0 spiro atoms. The molecule has 5 heteroatoms. The van der Waals surface area contributed by atoms with Crippen molar-refractivity contribution in [1.29, 1.82) is 0 Å². The standard InChI is InChI=1S/C22H26FN3O/c1-27-14-13-26-21-8-3-2-7-20(21)24-22(26)18-9-11-25(12-10-18)16-17-5-4-6-19(23)15-17/h2-8,15,18H,9-14,16H2,1H3. The van der Waals surface area contributed by atoms with Gasteiger partial charge in [-0.3, -0.25) is 4.90 Å². The second kappa shape index (κ2) is 8.19. The number of hydrogen-bond acceptors (Lipinski definition) is 3. The van der Waals surface area contributed by atoms with Crippen LogP contribution in [0.2, 0.25) is 0 Å². The molecule has 27 heavy (non-hydrogen) atoms. The minimum absolute atomic E-state index is 0.158. The molecule has 2 aromatic carbocycles. The van der Waals surface area contributed by atoms with Crippen LogP contribution >= 0.6 is 0 Å². The fourth-order valence-corrected chi connectivity index (χ4v) is 4.07. The van der Waals surface area contributed by atoms with Gasteiger partial charge in [-0.1, -0.05) is 24.3 Å². The molecule has 0 amide bonds. The third-order valence-corrected chi connectivity index (χ3v) is 5.45. The number of nitrogens with zero attached hydrogens (tertiary/aromatic N) is 3. The predicted molar refractivity (Wildman–Crippen MR) is 105 cm³/mol. The minimum Gasteiger partial charge on any atom is -0.383 e. The molecule has 2 heterocycles. The number of imidazole rings is 1. The van der Waals surface area contributed by atoms with Crippen LogP contribution in [0.1, 0.15) is 30.1 Å². The monoisotopic (exact) mass is 367 g/mol. The van der Waals surface area contributed by atoms with Crippen molar-refractivity contribution in [2.75, 3.05) is 26.8 Å². The lowest BCUT2D eigenvalue weighted by Gasteiger charge is -2.32. The minimum atomic E-state index is -0.158. The molecule has 0 unspecified atom stereocenters. The highest BCUT2D eigenvalue weighted by Gasteiger charge is 2.25. The number of fused-ring (bicyclic) bond motifs is 1. The lowest BCUT2D eigenvalue weighted by atomic mass is 9.95. The van der Waals surface area contributed by atoms with E-state index < -0.39 is 0 Å². The van der Waals surface area contributed by atoms with Crippen LogP contribution in [0.4, 0.5) is 4.39 Å². The summed E-state index contributed by atoms with van der Waals surface area (Å²) in [5.74, 6) is 1.48. The molecule has 1 fully saturated rings. The summed E-state index contributed by atoms with van der Waals surface area (Å²) in [6.45, 7) is 4.34. The quantitative estimate of drug-likeness (QED) is 0.654. The van der Waals surface area contributed by atoms with Gasteiger partial charge < -0.3 is 9.30 Å². The van der Waals surface area contributed by atoms with Crippen molar-refractivity contribution in [2.45, 2.75) is 31.8 Å². The smallest absolute Gasteiger partial charge is 0.123 e. The number of methoxy groups -OCH3 is 1. The maximum atomic E-state index is 13.4. The average Bonchev–Trinajstić information content (AvgIpc) is 3.05. The Labute approximate surface area is 159 Å². The van der Waals surface area contributed by atoms with Crippen LogP contribution in [-0.2, 0) is 17.8 Å². The Hall–Kier alpha value is -2.24. The molecule has 0 bridgehead atoms. The molecule has 0 aliphatic carbocycles. The van der Waals surface area contributed by atoms with Crippen molar-refractivity contribution in [3.8, 4) is 0 Å². The first kappa shape index (κ1) is 18.1. The lowest BCUT2D eigenvalue weighted by molar-refractivity contribution is 0.181. The Morgan fingerprint density at radius 1 is 1.11 bits per heavy atom. The number of benzene rings is 2. The predicted octanol–water partition coefficient (Wildman–Crippen LogP) is 4.20. The summed E-state index contributed by atoms with van der Waals surface area (Å²) in [7, 11) is 1.74. The van der Waals surface area contributed by atoms with Gasteiger partial charge in [-0.2, -0.15) is 0 Å². The Morgan fingerprint density at radius 2 is 1.93 bits per heavy atom. The number of rotatable bonds is 6. The van der Waals surface area contributed by atoms with Gasteiger partial charge in [0.25, 0.3) is 0 Å². The Balaban J connectivity index is 1.47. The molecule has 142 valence electrons. The van der Waals surface area contributed by atoms with Crippen molar-refractivity contribution >= 4 is 11.0 Å². The van der Waals surface area contributed by atoms with Crippen molar-refractivity contribution in [3.05, 3.63) is 65.7 Å². The molecular weight excluding hydrogens is 341 g/mol. The Kier molecular flexibility index (Phi) is 5.50. The van der Waals surface area contributed by atoms with Crippen molar-refractivity contribution in [3.63, 3.8) is 0 Å². The van der Waals surface area contributed by atoms with E-state index in [1.54, 1.807) is 19.2 Å². The number of piperidine rings is 1. The number of likely N-dealkylation sites (tertiary alicyclic amines) is 1. The summed E-state index contributed by atoms with van der Waals surface area (Å²) in [6, 6.07) is 15.3. The third-order valence-electron chi connectivity index (χ3n) is 5.45. The van der Waals surface area contributed by atoms with Gasteiger partial charge in [0.1, 0.15) is 11.6 Å². The van der Waals surface area contributed by atoms with Gasteiger partial charge in [0.05, 0.1) is 17.6 Å². The summed E-state index contributed by atoms with van der Waals surface area (Å²) < 4.78 is 21.0. The van der Waals surface area contributed by atoms with E-state index in [9.17, 15) is 4.39 Å². The zero-order valence-electron chi connectivity index (χ0n) is 15.8. The zero-order valence-corrected chi connectivity index (χ0v) is 15.8. The molecule has 4 nitrogen and oxygen atoms in total. The van der Waals surface area contributed by atoms with E-state index in [1.807, 2.05) is 12.1 Å². The molecular formula is C22H26FN3O. The van der Waals surface area contributed by atoms with Crippen LogP contribution in [0.15, 0.2) is 48.5 Å². The molecule has 1 aliphatic heterocycles. The first-order valence-electron chi connectivity index (χ1n) is 9.65. The Bertz CT molecular complexity index is 899. The fourth-order valence-electron chi connectivity index (χ4n) is 4.07. The van der Waals surface area contributed by atoms with Crippen LogP contribution in [0.3, 0.4) is 0 Å². The van der Waals surface area contributed by atoms with Crippen LogP contribution in [0.5, 0.6) is 0 Å². The summed E-state index contributed by atoms with van der Waals surface area (Å²) in [4.78, 5) is 7.36. The van der Waals surface area contributed by atoms with E-state index in [0.29, 0.717) is 12.5 Å². The highest BCUT2D eigenvalue weighted by atomic mass is 19.1. The van der Waals surface area contributed by atoms with E-state index in [2.05, 4.69) is 27.7 Å². The number of para-hydroxylation sites is 2. The highest BCUT2D eigenvalue weighted by Crippen LogP contribution is 2.30. The topological polar surface area (TPSA) is 30.3 Å².